The van der Waals surface area contributed by atoms with Crippen molar-refractivity contribution in [3.8, 4) is 0 Å². The van der Waals surface area contributed by atoms with Gasteiger partial charge in [-0.2, -0.15) is 0 Å². The Bertz CT molecular complexity index is 642. The molecule has 1 unspecified atom stereocenters. The van der Waals surface area contributed by atoms with Gasteiger partial charge in [0, 0.05) is 18.7 Å². The van der Waals surface area contributed by atoms with Crippen LogP contribution in [-0.2, 0) is 11.3 Å². The summed E-state index contributed by atoms with van der Waals surface area (Å²) in [7, 11) is 0. The van der Waals surface area contributed by atoms with Crippen LogP contribution in [-0.4, -0.2) is 24.3 Å². The van der Waals surface area contributed by atoms with E-state index < -0.39 is 0 Å². The molecule has 1 atom stereocenters. The molecule has 2 aromatic rings. The number of fused-ring (bicyclic) bond motifs is 1. The van der Waals surface area contributed by atoms with E-state index in [0.717, 1.165) is 23.0 Å². The topological polar surface area (TPSA) is 43.3 Å². The summed E-state index contributed by atoms with van der Waals surface area (Å²) in [4.78, 5) is 12.6. The van der Waals surface area contributed by atoms with Crippen molar-refractivity contribution < 1.29 is 4.74 Å². The Morgan fingerprint density at radius 3 is 3.00 bits per heavy atom. The van der Waals surface area contributed by atoms with Gasteiger partial charge < -0.3 is 14.6 Å². The van der Waals surface area contributed by atoms with E-state index >= 15 is 0 Å². The van der Waals surface area contributed by atoms with Crippen LogP contribution in [0.25, 0.3) is 10.9 Å². The van der Waals surface area contributed by atoms with E-state index in [4.69, 9.17) is 4.74 Å². The predicted octanol–water partition coefficient (Wildman–Crippen LogP) is 1.68. The van der Waals surface area contributed by atoms with Crippen molar-refractivity contribution in [3.63, 3.8) is 0 Å². The van der Waals surface area contributed by atoms with E-state index in [0.29, 0.717) is 19.8 Å². The number of hydrogen-bond acceptors (Lipinski definition) is 3. The first-order valence-corrected chi connectivity index (χ1v) is 6.75. The van der Waals surface area contributed by atoms with Crippen molar-refractivity contribution in [1.82, 2.24) is 9.88 Å². The molecular formula is C15H18N2O2. The van der Waals surface area contributed by atoms with Crippen molar-refractivity contribution in [2.45, 2.75) is 19.5 Å². The SMILES string of the molecule is CCn1c(=O)c(C2COCCN2)cc2ccccc21. The summed E-state index contributed by atoms with van der Waals surface area (Å²) in [5, 5.41) is 4.46. The molecule has 0 saturated carbocycles. The minimum Gasteiger partial charge on any atom is -0.378 e. The van der Waals surface area contributed by atoms with Crippen LogP contribution in [0.3, 0.4) is 0 Å². The molecule has 1 fully saturated rings. The Kier molecular flexibility index (Phi) is 3.36. The molecule has 19 heavy (non-hydrogen) atoms. The summed E-state index contributed by atoms with van der Waals surface area (Å²) in [5.41, 5.74) is 1.89. The minimum absolute atomic E-state index is 0.00339. The van der Waals surface area contributed by atoms with E-state index in [9.17, 15) is 4.79 Å². The van der Waals surface area contributed by atoms with Gasteiger partial charge in [0.2, 0.25) is 0 Å². The van der Waals surface area contributed by atoms with E-state index in [1.165, 1.54) is 0 Å². The number of rotatable bonds is 2. The van der Waals surface area contributed by atoms with Gasteiger partial charge in [-0.05, 0) is 24.4 Å². The molecule has 0 bridgehead atoms. The van der Waals surface area contributed by atoms with Gasteiger partial charge in [0.15, 0.2) is 0 Å². The lowest BCUT2D eigenvalue weighted by Crippen LogP contribution is -2.39. The minimum atomic E-state index is 0.00339. The highest BCUT2D eigenvalue weighted by atomic mass is 16.5. The van der Waals surface area contributed by atoms with Crippen molar-refractivity contribution >= 4 is 10.9 Å². The van der Waals surface area contributed by atoms with Crippen LogP contribution >= 0.6 is 0 Å². The van der Waals surface area contributed by atoms with Gasteiger partial charge in [0.1, 0.15) is 0 Å². The van der Waals surface area contributed by atoms with Crippen LogP contribution in [0.2, 0.25) is 0 Å². The Balaban J connectivity index is 2.19. The highest BCUT2D eigenvalue weighted by Crippen LogP contribution is 2.18. The second-order valence-electron chi connectivity index (χ2n) is 4.79. The van der Waals surface area contributed by atoms with Gasteiger partial charge in [-0.15, -0.1) is 0 Å². The number of benzene rings is 1. The average Bonchev–Trinajstić information content (AvgIpc) is 2.47. The number of pyridine rings is 1. The second-order valence-corrected chi connectivity index (χ2v) is 4.79. The third kappa shape index (κ3) is 2.17. The van der Waals surface area contributed by atoms with Crippen molar-refractivity contribution in [2.75, 3.05) is 19.8 Å². The molecule has 1 aromatic heterocycles. The highest BCUT2D eigenvalue weighted by Gasteiger charge is 2.20. The van der Waals surface area contributed by atoms with Gasteiger partial charge >= 0.3 is 0 Å². The van der Waals surface area contributed by atoms with Crippen molar-refractivity contribution in [3.05, 3.63) is 46.2 Å². The Labute approximate surface area is 112 Å². The van der Waals surface area contributed by atoms with E-state index in [1.54, 1.807) is 0 Å². The molecular weight excluding hydrogens is 240 g/mol. The first-order valence-electron chi connectivity index (χ1n) is 6.75. The first kappa shape index (κ1) is 12.4. The summed E-state index contributed by atoms with van der Waals surface area (Å²) in [5.74, 6) is 0. The second kappa shape index (κ2) is 5.15. The number of aryl methyl sites for hydroxylation is 1. The maximum atomic E-state index is 12.6. The summed E-state index contributed by atoms with van der Waals surface area (Å²) >= 11 is 0. The number of morpholine rings is 1. The molecule has 1 aliphatic rings. The Morgan fingerprint density at radius 2 is 2.26 bits per heavy atom. The van der Waals surface area contributed by atoms with E-state index in [-0.39, 0.29) is 11.6 Å². The van der Waals surface area contributed by atoms with E-state index in [1.807, 2.05) is 41.8 Å². The third-order valence-electron chi connectivity index (χ3n) is 3.64. The third-order valence-corrected chi connectivity index (χ3v) is 3.64. The monoisotopic (exact) mass is 258 g/mol. The summed E-state index contributed by atoms with van der Waals surface area (Å²) in [6.45, 7) is 4.76. The quantitative estimate of drug-likeness (QED) is 0.891. The highest BCUT2D eigenvalue weighted by molar-refractivity contribution is 5.79. The molecule has 100 valence electrons. The van der Waals surface area contributed by atoms with Crippen LogP contribution in [0.4, 0.5) is 0 Å². The van der Waals surface area contributed by atoms with Gasteiger partial charge in [0.05, 0.1) is 24.8 Å². The first-order chi connectivity index (χ1) is 9.31. The molecule has 0 spiro atoms. The fraction of sp³-hybridized carbons (Fsp3) is 0.400. The van der Waals surface area contributed by atoms with Crippen LogP contribution < -0.4 is 10.9 Å². The predicted molar refractivity (Wildman–Crippen MR) is 75.4 cm³/mol. The Morgan fingerprint density at radius 1 is 1.42 bits per heavy atom. The standard InChI is InChI=1S/C15H18N2O2/c1-2-17-14-6-4-3-5-11(14)9-12(15(17)18)13-10-19-8-7-16-13/h3-6,9,13,16H,2,7-8,10H2,1H3. The van der Waals surface area contributed by atoms with Gasteiger partial charge in [0.25, 0.3) is 5.56 Å². The average molecular weight is 258 g/mol. The number of nitrogens with zero attached hydrogens (tertiary/aromatic N) is 1. The Hall–Kier alpha value is -1.65. The largest absolute Gasteiger partial charge is 0.378 e. The number of ether oxygens (including phenoxy) is 1. The van der Waals surface area contributed by atoms with Crippen LogP contribution in [0.5, 0.6) is 0 Å². The lowest BCUT2D eigenvalue weighted by Gasteiger charge is -2.24. The molecule has 1 aromatic carbocycles. The maximum Gasteiger partial charge on any atom is 0.255 e. The number of aromatic nitrogens is 1. The van der Waals surface area contributed by atoms with Crippen molar-refractivity contribution in [1.29, 1.82) is 0 Å². The zero-order valence-corrected chi connectivity index (χ0v) is 11.1. The molecule has 4 heteroatoms. The van der Waals surface area contributed by atoms with Gasteiger partial charge in [-0.1, -0.05) is 18.2 Å². The molecule has 3 rings (SSSR count). The lowest BCUT2D eigenvalue weighted by atomic mass is 10.1. The van der Waals surface area contributed by atoms with Crippen LogP contribution in [0, 0.1) is 0 Å². The maximum absolute atomic E-state index is 12.6. The molecule has 0 amide bonds. The summed E-state index contributed by atoms with van der Waals surface area (Å²) < 4.78 is 7.30. The van der Waals surface area contributed by atoms with Gasteiger partial charge in [-0.25, -0.2) is 0 Å². The zero-order chi connectivity index (χ0) is 13.2. The number of para-hydroxylation sites is 1. The molecule has 1 N–H and O–H groups in total. The molecule has 4 nitrogen and oxygen atoms in total. The molecule has 1 saturated heterocycles. The fourth-order valence-corrected chi connectivity index (χ4v) is 2.68. The summed E-state index contributed by atoms with van der Waals surface area (Å²) in [6.07, 6.45) is 0. The molecule has 2 heterocycles. The lowest BCUT2D eigenvalue weighted by molar-refractivity contribution is 0.0764. The summed E-state index contributed by atoms with van der Waals surface area (Å²) in [6, 6.07) is 10.0. The molecule has 0 radical (unpaired) electrons. The normalized spacial score (nSPS) is 19.7. The van der Waals surface area contributed by atoms with Crippen molar-refractivity contribution in [2.24, 2.45) is 0 Å². The van der Waals surface area contributed by atoms with Crippen LogP contribution in [0.1, 0.15) is 18.5 Å². The van der Waals surface area contributed by atoms with Crippen LogP contribution in [0.15, 0.2) is 35.1 Å². The number of hydrogen-bond donors (Lipinski definition) is 1. The number of nitrogens with one attached hydrogen (secondary N) is 1. The fourth-order valence-electron chi connectivity index (χ4n) is 2.68. The molecule has 1 aliphatic heterocycles. The molecule has 0 aliphatic carbocycles. The van der Waals surface area contributed by atoms with Gasteiger partial charge in [-0.3, -0.25) is 4.79 Å². The van der Waals surface area contributed by atoms with E-state index in [2.05, 4.69) is 5.32 Å². The smallest absolute Gasteiger partial charge is 0.255 e. The zero-order valence-electron chi connectivity index (χ0n) is 11.1.